The van der Waals surface area contributed by atoms with Crippen LogP contribution < -0.4 is 0 Å². The Balaban J connectivity index is 0.000000148. The van der Waals surface area contributed by atoms with Crippen LogP contribution in [0.2, 0.25) is 0 Å². The quantitative estimate of drug-likeness (QED) is 0.453. The van der Waals surface area contributed by atoms with Gasteiger partial charge in [0, 0.05) is 0 Å². The lowest BCUT2D eigenvalue weighted by atomic mass is 10.4. The van der Waals surface area contributed by atoms with Crippen LogP contribution in [0.3, 0.4) is 0 Å². The van der Waals surface area contributed by atoms with E-state index < -0.39 is 0 Å². The van der Waals surface area contributed by atoms with Gasteiger partial charge in [-0.1, -0.05) is 5.57 Å². The first-order valence-corrected chi connectivity index (χ1v) is 2.95. The number of allylic oxidation sites excluding steroid dienone is 1. The SMILES string of the molecule is C1=NCCO1.C=C(C)C. The largest absolute Gasteiger partial charge is 0.482 e. The van der Waals surface area contributed by atoms with Gasteiger partial charge in [0.2, 0.25) is 0 Å². The number of hydrogen-bond donors (Lipinski definition) is 0. The molecule has 1 aliphatic heterocycles. The lowest BCUT2D eigenvalue weighted by Gasteiger charge is -1.76. The van der Waals surface area contributed by atoms with Crippen molar-refractivity contribution in [3.63, 3.8) is 0 Å². The van der Waals surface area contributed by atoms with E-state index in [-0.39, 0.29) is 0 Å². The highest BCUT2D eigenvalue weighted by Crippen LogP contribution is 1.78. The number of nitrogens with zero attached hydrogens (tertiary/aromatic N) is 1. The molecule has 2 nitrogen and oxygen atoms in total. The predicted octanol–water partition coefficient (Wildman–Crippen LogP) is 1.63. The molecule has 0 saturated carbocycles. The molecule has 0 aromatic carbocycles. The van der Waals surface area contributed by atoms with E-state index in [0.29, 0.717) is 0 Å². The first kappa shape index (κ1) is 8.21. The average molecular weight is 127 g/mol. The number of ether oxygens (including phenoxy) is 1. The van der Waals surface area contributed by atoms with Crippen LogP contribution in [0, 0.1) is 0 Å². The molecular formula is C7H13NO. The number of hydrogen-bond acceptors (Lipinski definition) is 2. The minimum Gasteiger partial charge on any atom is -0.482 e. The van der Waals surface area contributed by atoms with Crippen LogP contribution in [0.25, 0.3) is 0 Å². The van der Waals surface area contributed by atoms with Crippen molar-refractivity contribution in [1.82, 2.24) is 0 Å². The van der Waals surface area contributed by atoms with E-state index in [4.69, 9.17) is 0 Å². The molecule has 0 amide bonds. The molecule has 0 atom stereocenters. The fourth-order valence-electron chi connectivity index (χ4n) is 0.264. The van der Waals surface area contributed by atoms with Crippen molar-refractivity contribution in [1.29, 1.82) is 0 Å². The molecule has 1 heterocycles. The minimum atomic E-state index is 0.778. The lowest BCUT2D eigenvalue weighted by molar-refractivity contribution is 0.361. The van der Waals surface area contributed by atoms with Gasteiger partial charge in [-0.15, -0.1) is 6.58 Å². The molecule has 1 aliphatic rings. The minimum absolute atomic E-state index is 0.778. The molecule has 0 saturated heterocycles. The molecule has 0 fully saturated rings. The van der Waals surface area contributed by atoms with E-state index in [1.807, 2.05) is 13.8 Å². The summed E-state index contributed by atoms with van der Waals surface area (Å²) in [4.78, 5) is 3.74. The Morgan fingerprint density at radius 3 is 2.33 bits per heavy atom. The van der Waals surface area contributed by atoms with Gasteiger partial charge in [0.1, 0.15) is 6.61 Å². The number of aliphatic imine (C=N–C) groups is 1. The summed E-state index contributed by atoms with van der Waals surface area (Å²) >= 11 is 0. The molecule has 0 N–H and O–H groups in total. The van der Waals surface area contributed by atoms with Crippen molar-refractivity contribution in [2.75, 3.05) is 13.2 Å². The van der Waals surface area contributed by atoms with Crippen molar-refractivity contribution >= 4 is 6.40 Å². The van der Waals surface area contributed by atoms with Crippen LogP contribution in [0.1, 0.15) is 13.8 Å². The highest BCUT2D eigenvalue weighted by atomic mass is 16.5. The van der Waals surface area contributed by atoms with Crippen molar-refractivity contribution in [3.05, 3.63) is 12.2 Å². The first-order chi connectivity index (χ1) is 4.23. The van der Waals surface area contributed by atoms with Gasteiger partial charge in [-0.2, -0.15) is 0 Å². The van der Waals surface area contributed by atoms with Crippen LogP contribution >= 0.6 is 0 Å². The molecule has 0 aromatic rings. The fourth-order valence-corrected chi connectivity index (χ4v) is 0.264. The molecular weight excluding hydrogens is 114 g/mol. The zero-order chi connectivity index (χ0) is 7.11. The van der Waals surface area contributed by atoms with Gasteiger partial charge in [-0.05, 0) is 13.8 Å². The highest BCUT2D eigenvalue weighted by molar-refractivity contribution is 5.47. The number of rotatable bonds is 0. The van der Waals surface area contributed by atoms with Gasteiger partial charge in [-0.25, -0.2) is 0 Å². The van der Waals surface area contributed by atoms with Gasteiger partial charge in [0.15, 0.2) is 6.40 Å². The third-order valence-electron chi connectivity index (χ3n) is 0.487. The summed E-state index contributed by atoms with van der Waals surface area (Å²) < 4.78 is 4.65. The Bertz CT molecular complexity index is 97.5. The second kappa shape index (κ2) is 5.35. The van der Waals surface area contributed by atoms with E-state index in [9.17, 15) is 0 Å². The Kier molecular flexibility index (Phi) is 4.88. The second-order valence-corrected chi connectivity index (χ2v) is 2.09. The van der Waals surface area contributed by atoms with Gasteiger partial charge < -0.3 is 4.74 Å². The average Bonchev–Trinajstić information content (AvgIpc) is 2.11. The summed E-state index contributed by atoms with van der Waals surface area (Å²) in [6, 6.07) is 0. The molecule has 52 valence electrons. The summed E-state index contributed by atoms with van der Waals surface area (Å²) in [5.41, 5.74) is 1.17. The molecule has 0 aromatic heterocycles. The van der Waals surface area contributed by atoms with Gasteiger partial charge in [0.05, 0.1) is 6.54 Å². The van der Waals surface area contributed by atoms with Crippen molar-refractivity contribution in [2.45, 2.75) is 13.8 Å². The fraction of sp³-hybridized carbons (Fsp3) is 0.571. The topological polar surface area (TPSA) is 21.6 Å². The highest BCUT2D eigenvalue weighted by Gasteiger charge is 1.84. The maximum Gasteiger partial charge on any atom is 0.169 e. The molecule has 0 bridgehead atoms. The smallest absolute Gasteiger partial charge is 0.169 e. The summed E-state index contributed by atoms with van der Waals surface area (Å²) in [5, 5.41) is 0. The Hall–Kier alpha value is -0.790. The Morgan fingerprint density at radius 1 is 1.67 bits per heavy atom. The van der Waals surface area contributed by atoms with Gasteiger partial charge in [0.25, 0.3) is 0 Å². The van der Waals surface area contributed by atoms with Crippen LogP contribution in [-0.2, 0) is 4.74 Å². The molecule has 0 unspecified atom stereocenters. The first-order valence-electron chi connectivity index (χ1n) is 2.95. The Labute approximate surface area is 56.2 Å². The summed E-state index contributed by atoms with van der Waals surface area (Å²) in [5.74, 6) is 0. The van der Waals surface area contributed by atoms with Gasteiger partial charge in [-0.3, -0.25) is 4.99 Å². The van der Waals surface area contributed by atoms with Gasteiger partial charge >= 0.3 is 0 Å². The molecule has 1 rings (SSSR count). The normalized spacial score (nSPS) is 13.6. The molecule has 0 aliphatic carbocycles. The predicted molar refractivity (Wildman–Crippen MR) is 39.8 cm³/mol. The van der Waals surface area contributed by atoms with Crippen LogP contribution in [0.15, 0.2) is 17.1 Å². The zero-order valence-corrected chi connectivity index (χ0v) is 6.05. The van der Waals surface area contributed by atoms with Crippen LogP contribution in [0.5, 0.6) is 0 Å². The molecule has 0 radical (unpaired) electrons. The summed E-state index contributed by atoms with van der Waals surface area (Å²) in [6.45, 7) is 9.12. The van der Waals surface area contributed by atoms with E-state index in [1.165, 1.54) is 12.0 Å². The lowest BCUT2D eigenvalue weighted by Crippen LogP contribution is -1.80. The maximum atomic E-state index is 4.65. The molecule has 2 heteroatoms. The van der Waals surface area contributed by atoms with Crippen LogP contribution in [0.4, 0.5) is 0 Å². The maximum absolute atomic E-state index is 4.65. The molecule has 0 spiro atoms. The van der Waals surface area contributed by atoms with E-state index >= 15 is 0 Å². The second-order valence-electron chi connectivity index (χ2n) is 2.09. The summed E-state index contributed by atoms with van der Waals surface area (Å²) in [6.07, 6.45) is 1.49. The standard InChI is InChI=1S/C4H8.C3H5NO/c1-4(2)3;1-2-5-3-4-1/h1H2,2-3H3;3H,1-2H2. The zero-order valence-electron chi connectivity index (χ0n) is 6.05. The summed E-state index contributed by atoms with van der Waals surface area (Å²) in [7, 11) is 0. The van der Waals surface area contributed by atoms with E-state index in [0.717, 1.165) is 13.2 Å². The van der Waals surface area contributed by atoms with Crippen molar-refractivity contribution in [3.8, 4) is 0 Å². The van der Waals surface area contributed by atoms with Crippen molar-refractivity contribution in [2.24, 2.45) is 4.99 Å². The third kappa shape index (κ3) is 11.0. The van der Waals surface area contributed by atoms with Crippen LogP contribution in [-0.4, -0.2) is 19.6 Å². The Morgan fingerprint density at radius 2 is 2.22 bits per heavy atom. The molecule has 9 heavy (non-hydrogen) atoms. The van der Waals surface area contributed by atoms with Crippen molar-refractivity contribution < 1.29 is 4.74 Å². The van der Waals surface area contributed by atoms with E-state index in [1.54, 1.807) is 0 Å². The van der Waals surface area contributed by atoms with E-state index in [2.05, 4.69) is 16.3 Å². The third-order valence-corrected chi connectivity index (χ3v) is 0.487. The monoisotopic (exact) mass is 127 g/mol.